The number of guanidine groups is 1. The van der Waals surface area contributed by atoms with E-state index in [0.29, 0.717) is 31.2 Å². The van der Waals surface area contributed by atoms with E-state index >= 15 is 0 Å². The van der Waals surface area contributed by atoms with E-state index in [-0.39, 0.29) is 16.8 Å². The lowest BCUT2D eigenvalue weighted by molar-refractivity contribution is 0.581. The highest BCUT2D eigenvalue weighted by atomic mass is 32.2. The number of benzene rings is 2. The molecule has 8 heteroatoms. The summed E-state index contributed by atoms with van der Waals surface area (Å²) >= 11 is 0. The Morgan fingerprint density at radius 2 is 1.79 bits per heavy atom. The molecular weight excluding hydrogens is 391 g/mol. The van der Waals surface area contributed by atoms with Gasteiger partial charge in [-0.3, -0.25) is 0 Å². The van der Waals surface area contributed by atoms with Gasteiger partial charge in [-0.05, 0) is 61.6 Å². The zero-order valence-electron chi connectivity index (χ0n) is 16.7. The summed E-state index contributed by atoms with van der Waals surface area (Å²) in [7, 11) is -3.44. The van der Waals surface area contributed by atoms with E-state index in [1.807, 2.05) is 13.0 Å². The molecular formula is C21H27FN4O2S. The number of sulfonamides is 1. The smallest absolute Gasteiger partial charge is 0.240 e. The zero-order chi connectivity index (χ0) is 20.9. The maximum absolute atomic E-state index is 13.7. The molecule has 156 valence electrons. The van der Waals surface area contributed by atoms with Gasteiger partial charge in [0.25, 0.3) is 0 Å². The molecule has 0 aliphatic heterocycles. The highest BCUT2D eigenvalue weighted by Crippen LogP contribution is 2.22. The standard InChI is InChI=1S/C21H27FN4O2S/c1-3-23-21(25-14-17-5-4-15(2)20(22)12-17)24-13-16-6-10-19(11-7-16)29(27,28)26-18-8-9-18/h4-7,10-12,18,26H,3,8-9,13-14H2,1-2H3,(H2,23,24,25). The summed E-state index contributed by atoms with van der Waals surface area (Å²) in [5.41, 5.74) is 2.34. The predicted octanol–water partition coefficient (Wildman–Crippen LogP) is 2.83. The van der Waals surface area contributed by atoms with Gasteiger partial charge in [-0.15, -0.1) is 0 Å². The molecule has 0 amide bonds. The summed E-state index contributed by atoms with van der Waals surface area (Å²) in [6.07, 6.45) is 1.81. The number of nitrogens with one attached hydrogen (secondary N) is 3. The van der Waals surface area contributed by atoms with Crippen molar-refractivity contribution in [3.63, 3.8) is 0 Å². The average molecular weight is 419 g/mol. The van der Waals surface area contributed by atoms with Gasteiger partial charge in [0.2, 0.25) is 10.0 Å². The Morgan fingerprint density at radius 3 is 2.41 bits per heavy atom. The second kappa shape index (κ2) is 9.37. The number of rotatable bonds is 8. The maximum Gasteiger partial charge on any atom is 0.240 e. The monoisotopic (exact) mass is 418 g/mol. The Labute approximate surface area is 171 Å². The van der Waals surface area contributed by atoms with Crippen molar-refractivity contribution in [3.8, 4) is 0 Å². The first kappa shape index (κ1) is 21.3. The number of nitrogens with zero attached hydrogens (tertiary/aromatic N) is 1. The molecule has 1 saturated carbocycles. The van der Waals surface area contributed by atoms with Crippen LogP contribution < -0.4 is 15.4 Å². The number of halogens is 1. The summed E-state index contributed by atoms with van der Waals surface area (Å²) in [4.78, 5) is 4.76. The number of aryl methyl sites for hydroxylation is 1. The van der Waals surface area contributed by atoms with Crippen molar-refractivity contribution in [2.75, 3.05) is 6.54 Å². The minimum atomic E-state index is -3.44. The fraction of sp³-hybridized carbons (Fsp3) is 0.381. The minimum absolute atomic E-state index is 0.0854. The minimum Gasteiger partial charge on any atom is -0.357 e. The van der Waals surface area contributed by atoms with Crippen LogP contribution in [0.2, 0.25) is 0 Å². The van der Waals surface area contributed by atoms with Crippen LogP contribution in [0.3, 0.4) is 0 Å². The molecule has 0 bridgehead atoms. The van der Waals surface area contributed by atoms with E-state index < -0.39 is 10.0 Å². The van der Waals surface area contributed by atoms with Crippen molar-refractivity contribution in [2.24, 2.45) is 4.99 Å². The van der Waals surface area contributed by atoms with Gasteiger partial charge < -0.3 is 10.6 Å². The first-order valence-electron chi connectivity index (χ1n) is 9.76. The van der Waals surface area contributed by atoms with Crippen LogP contribution in [0.15, 0.2) is 52.4 Å². The molecule has 0 saturated heterocycles. The van der Waals surface area contributed by atoms with E-state index in [4.69, 9.17) is 0 Å². The van der Waals surface area contributed by atoms with Gasteiger partial charge in [0.1, 0.15) is 5.82 Å². The van der Waals surface area contributed by atoms with E-state index in [0.717, 1.165) is 24.0 Å². The van der Waals surface area contributed by atoms with Crippen molar-refractivity contribution in [1.29, 1.82) is 0 Å². The molecule has 0 spiro atoms. The van der Waals surface area contributed by atoms with Gasteiger partial charge in [0.05, 0.1) is 11.4 Å². The zero-order valence-corrected chi connectivity index (χ0v) is 17.5. The van der Waals surface area contributed by atoms with Gasteiger partial charge in [-0.25, -0.2) is 22.5 Å². The quantitative estimate of drug-likeness (QED) is 0.455. The molecule has 1 aliphatic rings. The molecule has 29 heavy (non-hydrogen) atoms. The van der Waals surface area contributed by atoms with Crippen LogP contribution in [0, 0.1) is 12.7 Å². The largest absolute Gasteiger partial charge is 0.357 e. The molecule has 0 radical (unpaired) electrons. The lowest BCUT2D eigenvalue weighted by Gasteiger charge is -2.12. The molecule has 0 aromatic heterocycles. The van der Waals surface area contributed by atoms with Crippen LogP contribution in [-0.2, 0) is 23.1 Å². The van der Waals surface area contributed by atoms with Gasteiger partial charge in [-0.2, -0.15) is 0 Å². The van der Waals surface area contributed by atoms with Crippen LogP contribution in [0.25, 0.3) is 0 Å². The predicted molar refractivity (Wildman–Crippen MR) is 113 cm³/mol. The Kier molecular flexibility index (Phi) is 6.87. The highest BCUT2D eigenvalue weighted by Gasteiger charge is 2.27. The van der Waals surface area contributed by atoms with Crippen molar-refractivity contribution < 1.29 is 12.8 Å². The van der Waals surface area contributed by atoms with Gasteiger partial charge in [0.15, 0.2) is 5.96 Å². The summed E-state index contributed by atoms with van der Waals surface area (Å²) in [6, 6.07) is 12.0. The molecule has 0 heterocycles. The molecule has 2 aromatic rings. The highest BCUT2D eigenvalue weighted by molar-refractivity contribution is 7.89. The first-order chi connectivity index (χ1) is 13.9. The number of hydrogen-bond donors (Lipinski definition) is 3. The molecule has 0 atom stereocenters. The van der Waals surface area contributed by atoms with Crippen molar-refractivity contribution in [3.05, 3.63) is 65.0 Å². The Bertz CT molecular complexity index is 971. The van der Waals surface area contributed by atoms with Crippen molar-refractivity contribution in [2.45, 2.75) is 50.7 Å². The molecule has 3 N–H and O–H groups in total. The normalized spacial score (nSPS) is 14.7. The summed E-state index contributed by atoms with van der Waals surface area (Å²) in [5.74, 6) is 0.377. The van der Waals surface area contributed by atoms with Crippen LogP contribution >= 0.6 is 0 Å². The van der Waals surface area contributed by atoms with Gasteiger partial charge >= 0.3 is 0 Å². The van der Waals surface area contributed by atoms with E-state index in [1.165, 1.54) is 6.07 Å². The maximum atomic E-state index is 13.7. The average Bonchev–Trinajstić information content (AvgIpc) is 3.50. The second-order valence-corrected chi connectivity index (χ2v) is 8.89. The molecule has 3 rings (SSSR count). The second-order valence-electron chi connectivity index (χ2n) is 7.17. The van der Waals surface area contributed by atoms with E-state index in [9.17, 15) is 12.8 Å². The first-order valence-corrected chi connectivity index (χ1v) is 11.2. The SMILES string of the molecule is CCNC(=NCc1ccc(C)c(F)c1)NCc1ccc(S(=O)(=O)NC2CC2)cc1. The fourth-order valence-corrected chi connectivity index (χ4v) is 4.01. The molecule has 1 fully saturated rings. The molecule has 2 aromatic carbocycles. The fourth-order valence-electron chi connectivity index (χ4n) is 2.71. The third-order valence-corrected chi connectivity index (χ3v) is 6.13. The van der Waals surface area contributed by atoms with Crippen molar-refractivity contribution in [1.82, 2.24) is 15.4 Å². The summed E-state index contributed by atoms with van der Waals surface area (Å²) in [6.45, 7) is 5.24. The summed E-state index contributed by atoms with van der Waals surface area (Å²) < 4.78 is 40.8. The van der Waals surface area contributed by atoms with E-state index in [1.54, 1.807) is 37.3 Å². The van der Waals surface area contributed by atoms with E-state index in [2.05, 4.69) is 20.3 Å². The van der Waals surface area contributed by atoms with Gasteiger partial charge in [0, 0.05) is 19.1 Å². The third-order valence-electron chi connectivity index (χ3n) is 4.59. The molecule has 6 nitrogen and oxygen atoms in total. The lowest BCUT2D eigenvalue weighted by atomic mass is 10.1. The number of aliphatic imine (C=N–C) groups is 1. The van der Waals surface area contributed by atoms with Crippen molar-refractivity contribution >= 4 is 16.0 Å². The Balaban J connectivity index is 1.59. The molecule has 0 unspecified atom stereocenters. The molecule has 1 aliphatic carbocycles. The Hall–Kier alpha value is -2.45. The Morgan fingerprint density at radius 1 is 1.10 bits per heavy atom. The van der Waals surface area contributed by atoms with Crippen LogP contribution in [0.1, 0.15) is 36.5 Å². The van der Waals surface area contributed by atoms with Crippen LogP contribution in [0.5, 0.6) is 0 Å². The van der Waals surface area contributed by atoms with Gasteiger partial charge in [-0.1, -0.05) is 24.3 Å². The van der Waals surface area contributed by atoms with Crippen LogP contribution in [0.4, 0.5) is 4.39 Å². The third kappa shape index (κ3) is 6.27. The number of hydrogen-bond acceptors (Lipinski definition) is 3. The lowest BCUT2D eigenvalue weighted by Crippen LogP contribution is -2.36. The summed E-state index contributed by atoms with van der Waals surface area (Å²) in [5, 5.41) is 6.37. The topological polar surface area (TPSA) is 82.6 Å². The van der Waals surface area contributed by atoms with Crippen LogP contribution in [-0.4, -0.2) is 27.0 Å².